The Balaban J connectivity index is 1.78. The third-order valence-corrected chi connectivity index (χ3v) is 6.74. The molecule has 1 aliphatic rings. The van der Waals surface area contributed by atoms with Gasteiger partial charge in [0, 0.05) is 53.5 Å². The zero-order valence-electron chi connectivity index (χ0n) is 21.5. The Morgan fingerprint density at radius 3 is 2.32 bits per heavy atom. The van der Waals surface area contributed by atoms with Crippen molar-refractivity contribution in [2.24, 2.45) is 0 Å². The van der Waals surface area contributed by atoms with E-state index in [-0.39, 0.29) is 6.10 Å². The van der Waals surface area contributed by atoms with Gasteiger partial charge in [0.1, 0.15) is 0 Å². The lowest BCUT2D eigenvalue weighted by atomic mass is 9.95. The van der Waals surface area contributed by atoms with E-state index in [0.717, 1.165) is 21.8 Å². The van der Waals surface area contributed by atoms with Crippen LogP contribution in [0.1, 0.15) is 11.1 Å². The fraction of sp³-hybridized carbons (Fsp3) is 0.286. The van der Waals surface area contributed by atoms with Crippen LogP contribution in [-0.4, -0.2) is 74.3 Å². The van der Waals surface area contributed by atoms with Gasteiger partial charge in [0.25, 0.3) is 11.8 Å². The van der Waals surface area contributed by atoms with Crippen molar-refractivity contribution in [3.8, 4) is 11.5 Å². The highest BCUT2D eigenvalue weighted by atomic mass is 16.5. The van der Waals surface area contributed by atoms with Gasteiger partial charge < -0.3 is 28.7 Å². The molecule has 0 bridgehead atoms. The standard InChI is InChI=1S/C28H30N4O5/c1-31(2)13-16(35-3)14-32-15-20(18-10-11-22(36-4)26(37-5)25(18)32)24-23(27(33)30-28(24)34)19-12-29-21-9-7-6-8-17(19)21/h6-12,15-16,29H,13-14H2,1-5H3,(H,30,33,34). The summed E-state index contributed by atoms with van der Waals surface area (Å²) < 4.78 is 19.1. The van der Waals surface area contributed by atoms with E-state index in [0.29, 0.717) is 46.9 Å². The molecule has 5 rings (SSSR count). The second-order valence-corrected chi connectivity index (χ2v) is 9.29. The number of ether oxygens (including phenoxy) is 3. The van der Waals surface area contributed by atoms with Gasteiger partial charge in [-0.3, -0.25) is 14.9 Å². The zero-order valence-corrected chi connectivity index (χ0v) is 21.5. The van der Waals surface area contributed by atoms with Crippen molar-refractivity contribution in [3.63, 3.8) is 0 Å². The summed E-state index contributed by atoms with van der Waals surface area (Å²) in [6.07, 6.45) is 3.55. The number of carbonyl (C=O) groups excluding carboxylic acids is 2. The molecule has 1 unspecified atom stereocenters. The number of rotatable bonds is 9. The topological polar surface area (TPSA) is 97.8 Å². The second kappa shape index (κ2) is 9.76. The van der Waals surface area contributed by atoms with Gasteiger partial charge >= 0.3 is 0 Å². The molecule has 2 N–H and O–H groups in total. The number of amides is 2. The van der Waals surface area contributed by atoms with Gasteiger partial charge in [-0.2, -0.15) is 0 Å². The summed E-state index contributed by atoms with van der Waals surface area (Å²) in [5.74, 6) is 0.259. The van der Waals surface area contributed by atoms with Crippen LogP contribution in [0.15, 0.2) is 48.8 Å². The maximum atomic E-state index is 13.3. The number of hydrogen-bond acceptors (Lipinski definition) is 6. The van der Waals surface area contributed by atoms with Gasteiger partial charge in [0.15, 0.2) is 11.5 Å². The molecule has 192 valence electrons. The summed E-state index contributed by atoms with van der Waals surface area (Å²) in [7, 11) is 8.83. The van der Waals surface area contributed by atoms with Gasteiger partial charge in [0.05, 0.1) is 43.5 Å². The summed E-state index contributed by atoms with van der Waals surface area (Å²) in [4.78, 5) is 31.7. The molecule has 2 aromatic carbocycles. The van der Waals surface area contributed by atoms with E-state index >= 15 is 0 Å². The van der Waals surface area contributed by atoms with Gasteiger partial charge in [-0.1, -0.05) is 18.2 Å². The number of likely N-dealkylation sites (N-methyl/N-ethyl adjacent to an activating group) is 1. The lowest BCUT2D eigenvalue weighted by Gasteiger charge is -2.21. The molecule has 0 radical (unpaired) electrons. The largest absolute Gasteiger partial charge is 0.493 e. The molecule has 2 aromatic heterocycles. The van der Waals surface area contributed by atoms with E-state index in [1.807, 2.05) is 61.3 Å². The number of methoxy groups -OCH3 is 3. The normalized spacial score (nSPS) is 14.8. The number of aromatic nitrogens is 2. The number of H-pyrrole nitrogens is 1. The van der Waals surface area contributed by atoms with E-state index in [1.54, 1.807) is 27.5 Å². The van der Waals surface area contributed by atoms with Crippen LogP contribution in [0, 0.1) is 0 Å². The highest BCUT2D eigenvalue weighted by Crippen LogP contribution is 2.43. The number of nitrogens with one attached hydrogen (secondary N) is 2. The van der Waals surface area contributed by atoms with Crippen LogP contribution in [0.3, 0.4) is 0 Å². The van der Waals surface area contributed by atoms with E-state index in [2.05, 4.69) is 15.2 Å². The minimum absolute atomic E-state index is 0.129. The predicted molar refractivity (Wildman–Crippen MR) is 143 cm³/mol. The van der Waals surface area contributed by atoms with Crippen LogP contribution >= 0.6 is 0 Å². The quantitative estimate of drug-likeness (QED) is 0.341. The van der Waals surface area contributed by atoms with E-state index in [4.69, 9.17) is 14.2 Å². The number of hydrogen-bond donors (Lipinski definition) is 2. The zero-order chi connectivity index (χ0) is 26.3. The van der Waals surface area contributed by atoms with Gasteiger partial charge in [0.2, 0.25) is 0 Å². The molecule has 0 spiro atoms. The molecule has 4 aromatic rings. The fourth-order valence-corrected chi connectivity index (χ4v) is 5.13. The van der Waals surface area contributed by atoms with Crippen LogP contribution in [0.25, 0.3) is 33.0 Å². The Bertz CT molecular complexity index is 1540. The molecule has 37 heavy (non-hydrogen) atoms. The van der Waals surface area contributed by atoms with Crippen molar-refractivity contribution in [1.29, 1.82) is 0 Å². The minimum atomic E-state index is -0.435. The Hall–Kier alpha value is -4.08. The Morgan fingerprint density at radius 2 is 1.65 bits per heavy atom. The maximum absolute atomic E-state index is 13.3. The highest BCUT2D eigenvalue weighted by Gasteiger charge is 2.35. The number of aromatic amines is 1. The van der Waals surface area contributed by atoms with Crippen LogP contribution < -0.4 is 14.8 Å². The van der Waals surface area contributed by atoms with E-state index in [1.165, 1.54) is 0 Å². The maximum Gasteiger partial charge on any atom is 0.259 e. The first-order valence-electron chi connectivity index (χ1n) is 12.0. The van der Waals surface area contributed by atoms with Crippen molar-refractivity contribution >= 4 is 44.8 Å². The Kier molecular flexibility index (Phi) is 6.49. The Morgan fingerprint density at radius 1 is 0.919 bits per heavy atom. The summed E-state index contributed by atoms with van der Waals surface area (Å²) in [6.45, 7) is 1.19. The first-order chi connectivity index (χ1) is 17.9. The summed E-state index contributed by atoms with van der Waals surface area (Å²) >= 11 is 0. The minimum Gasteiger partial charge on any atom is -0.493 e. The number of imide groups is 1. The fourth-order valence-electron chi connectivity index (χ4n) is 5.13. The summed E-state index contributed by atoms with van der Waals surface area (Å²) in [5, 5.41) is 4.15. The first-order valence-corrected chi connectivity index (χ1v) is 12.0. The monoisotopic (exact) mass is 502 g/mol. The molecule has 3 heterocycles. The SMILES string of the molecule is COc1ccc2c(C3=C(c4c[nH]c5ccccc45)C(=O)NC3=O)cn(CC(CN(C)C)OC)c2c1OC. The lowest BCUT2D eigenvalue weighted by Crippen LogP contribution is -2.31. The third kappa shape index (κ3) is 4.16. The highest BCUT2D eigenvalue weighted by molar-refractivity contribution is 6.50. The molecule has 1 atom stereocenters. The van der Waals surface area contributed by atoms with Crippen LogP contribution in [0.4, 0.5) is 0 Å². The van der Waals surface area contributed by atoms with E-state index < -0.39 is 11.8 Å². The average molecular weight is 503 g/mol. The molecule has 0 aliphatic carbocycles. The molecule has 0 saturated heterocycles. The van der Waals surface area contributed by atoms with Gasteiger partial charge in [-0.25, -0.2) is 0 Å². The summed E-state index contributed by atoms with van der Waals surface area (Å²) in [5.41, 5.74) is 3.63. The van der Waals surface area contributed by atoms with Crippen molar-refractivity contribution in [2.45, 2.75) is 12.6 Å². The lowest BCUT2D eigenvalue weighted by molar-refractivity contribution is -0.122. The molecular formula is C28H30N4O5. The number of benzene rings is 2. The average Bonchev–Trinajstić information content (AvgIpc) is 3.55. The molecule has 0 saturated carbocycles. The molecule has 9 nitrogen and oxygen atoms in total. The second-order valence-electron chi connectivity index (χ2n) is 9.29. The molecule has 0 fully saturated rings. The molecular weight excluding hydrogens is 472 g/mol. The Labute approximate surface area is 214 Å². The predicted octanol–water partition coefficient (Wildman–Crippen LogP) is 3.28. The van der Waals surface area contributed by atoms with Crippen LogP contribution in [0.2, 0.25) is 0 Å². The molecule has 9 heteroatoms. The summed E-state index contributed by atoms with van der Waals surface area (Å²) in [6, 6.07) is 11.4. The number of para-hydroxylation sites is 1. The van der Waals surface area contributed by atoms with Crippen LogP contribution in [0.5, 0.6) is 11.5 Å². The van der Waals surface area contributed by atoms with Gasteiger partial charge in [-0.15, -0.1) is 0 Å². The number of fused-ring (bicyclic) bond motifs is 2. The molecule has 2 amide bonds. The van der Waals surface area contributed by atoms with Crippen molar-refractivity contribution < 1.29 is 23.8 Å². The molecule has 1 aliphatic heterocycles. The van der Waals surface area contributed by atoms with Crippen molar-refractivity contribution in [1.82, 2.24) is 19.8 Å². The number of nitrogens with zero attached hydrogens (tertiary/aromatic N) is 2. The van der Waals surface area contributed by atoms with Gasteiger partial charge in [-0.05, 0) is 32.3 Å². The number of carbonyl (C=O) groups is 2. The van der Waals surface area contributed by atoms with Crippen molar-refractivity contribution in [2.75, 3.05) is 42.0 Å². The van der Waals surface area contributed by atoms with Crippen LogP contribution in [-0.2, 0) is 20.9 Å². The van der Waals surface area contributed by atoms with E-state index in [9.17, 15) is 9.59 Å². The smallest absolute Gasteiger partial charge is 0.259 e. The first kappa shape index (κ1) is 24.6. The van der Waals surface area contributed by atoms with Crippen molar-refractivity contribution in [3.05, 3.63) is 59.9 Å². The third-order valence-electron chi connectivity index (χ3n) is 6.74.